The third-order valence-corrected chi connectivity index (χ3v) is 2.18. The molecule has 0 aromatic heterocycles. The van der Waals surface area contributed by atoms with Gasteiger partial charge in [0.1, 0.15) is 11.9 Å². The number of benzene rings is 1. The van der Waals surface area contributed by atoms with Gasteiger partial charge in [0.25, 0.3) is 5.91 Å². The molecule has 1 aromatic rings. The van der Waals surface area contributed by atoms with Crippen molar-refractivity contribution >= 4 is 23.4 Å². The molecule has 0 aliphatic rings. The molecule has 0 bridgehead atoms. The number of carbonyl (C=O) groups is 2. The first-order valence-corrected chi connectivity index (χ1v) is 4.85. The number of rotatable bonds is 3. The van der Waals surface area contributed by atoms with Gasteiger partial charge in [-0.1, -0.05) is 11.6 Å². The van der Waals surface area contributed by atoms with Crippen molar-refractivity contribution in [2.24, 2.45) is 5.73 Å². The minimum Gasteiger partial charge on any atom is -0.368 e. The molecule has 86 valence electrons. The van der Waals surface area contributed by atoms with Crippen LogP contribution in [0, 0.1) is 5.82 Å². The summed E-state index contributed by atoms with van der Waals surface area (Å²) < 4.78 is 13.2. The van der Waals surface area contributed by atoms with Crippen LogP contribution < -0.4 is 11.1 Å². The second-order valence-corrected chi connectivity index (χ2v) is 3.66. The second-order valence-electron chi connectivity index (χ2n) is 3.22. The number of primary amides is 1. The summed E-state index contributed by atoms with van der Waals surface area (Å²) in [5.41, 5.74) is 4.74. The van der Waals surface area contributed by atoms with E-state index in [1.54, 1.807) is 0 Å². The molecule has 1 rings (SSSR count). The Kier molecular flexibility index (Phi) is 3.84. The van der Waals surface area contributed by atoms with E-state index in [1.165, 1.54) is 19.1 Å². The van der Waals surface area contributed by atoms with E-state index in [-0.39, 0.29) is 10.6 Å². The van der Waals surface area contributed by atoms with E-state index in [2.05, 4.69) is 5.32 Å². The van der Waals surface area contributed by atoms with E-state index >= 15 is 0 Å². The van der Waals surface area contributed by atoms with Crippen LogP contribution in [0.3, 0.4) is 0 Å². The first kappa shape index (κ1) is 12.4. The van der Waals surface area contributed by atoms with Gasteiger partial charge in [0.15, 0.2) is 0 Å². The quantitative estimate of drug-likeness (QED) is 0.835. The Bertz CT molecular complexity index is 437. The highest BCUT2D eigenvalue weighted by atomic mass is 35.5. The zero-order valence-corrected chi connectivity index (χ0v) is 9.22. The van der Waals surface area contributed by atoms with E-state index < -0.39 is 23.7 Å². The molecule has 0 saturated heterocycles. The van der Waals surface area contributed by atoms with E-state index in [9.17, 15) is 14.0 Å². The van der Waals surface area contributed by atoms with Gasteiger partial charge >= 0.3 is 0 Å². The average Bonchev–Trinajstić information content (AvgIpc) is 2.21. The summed E-state index contributed by atoms with van der Waals surface area (Å²) in [5.74, 6) is -2.14. The van der Waals surface area contributed by atoms with Crippen LogP contribution in [0.4, 0.5) is 4.39 Å². The molecule has 2 amide bonds. The molecule has 6 heteroatoms. The Balaban J connectivity index is 2.88. The number of carbonyl (C=O) groups excluding carboxylic acids is 2. The summed E-state index contributed by atoms with van der Waals surface area (Å²) in [6, 6.07) is 2.71. The molecule has 4 nitrogen and oxygen atoms in total. The lowest BCUT2D eigenvalue weighted by Gasteiger charge is -2.10. The Morgan fingerprint density at radius 2 is 2.12 bits per heavy atom. The summed E-state index contributed by atoms with van der Waals surface area (Å²) in [4.78, 5) is 22.2. The van der Waals surface area contributed by atoms with Crippen LogP contribution in [0.25, 0.3) is 0 Å². The van der Waals surface area contributed by atoms with E-state index in [1.807, 2.05) is 0 Å². The fourth-order valence-corrected chi connectivity index (χ4v) is 1.19. The predicted molar refractivity (Wildman–Crippen MR) is 57.5 cm³/mol. The van der Waals surface area contributed by atoms with Crippen molar-refractivity contribution in [2.75, 3.05) is 0 Å². The normalized spacial score (nSPS) is 11.9. The standard InChI is InChI=1S/C10H10ClFN2O2/c1-5(9(13)15)14-10(16)7-4-6(11)2-3-8(7)12/h2-5H,1H3,(H2,13,15)(H,14,16). The van der Waals surface area contributed by atoms with Crippen LogP contribution in [0.5, 0.6) is 0 Å². The maximum absolute atomic E-state index is 13.2. The van der Waals surface area contributed by atoms with E-state index in [4.69, 9.17) is 17.3 Å². The van der Waals surface area contributed by atoms with Gasteiger partial charge < -0.3 is 11.1 Å². The highest BCUT2D eigenvalue weighted by Gasteiger charge is 2.16. The zero-order chi connectivity index (χ0) is 12.3. The monoisotopic (exact) mass is 244 g/mol. The van der Waals surface area contributed by atoms with Crippen LogP contribution >= 0.6 is 11.6 Å². The molecule has 0 fully saturated rings. The maximum Gasteiger partial charge on any atom is 0.254 e. The fraction of sp³-hybridized carbons (Fsp3) is 0.200. The largest absolute Gasteiger partial charge is 0.368 e. The van der Waals surface area contributed by atoms with Gasteiger partial charge in [0, 0.05) is 5.02 Å². The summed E-state index contributed by atoms with van der Waals surface area (Å²) in [6.45, 7) is 1.41. The third kappa shape index (κ3) is 2.93. The number of hydrogen-bond acceptors (Lipinski definition) is 2. The molecule has 0 saturated carbocycles. The minimum absolute atomic E-state index is 0.222. The maximum atomic E-state index is 13.2. The van der Waals surface area contributed by atoms with Gasteiger partial charge in [-0.15, -0.1) is 0 Å². The van der Waals surface area contributed by atoms with Crippen LogP contribution in [-0.2, 0) is 4.79 Å². The lowest BCUT2D eigenvalue weighted by Crippen LogP contribution is -2.42. The molecule has 0 aliphatic carbocycles. The molecular weight excluding hydrogens is 235 g/mol. The lowest BCUT2D eigenvalue weighted by atomic mass is 10.2. The number of amides is 2. The molecule has 16 heavy (non-hydrogen) atoms. The summed E-state index contributed by atoms with van der Waals surface area (Å²) in [6.07, 6.45) is 0. The first-order chi connectivity index (χ1) is 7.41. The Morgan fingerprint density at radius 3 is 2.69 bits per heavy atom. The van der Waals surface area contributed by atoms with Crippen LogP contribution in [0.2, 0.25) is 5.02 Å². The minimum atomic E-state index is -0.870. The SMILES string of the molecule is CC(NC(=O)c1cc(Cl)ccc1F)C(N)=O. The summed E-state index contributed by atoms with van der Waals surface area (Å²) in [7, 11) is 0. The number of nitrogens with two attached hydrogens (primary N) is 1. The molecule has 0 spiro atoms. The van der Waals surface area contributed by atoms with Gasteiger partial charge in [-0.25, -0.2) is 4.39 Å². The highest BCUT2D eigenvalue weighted by molar-refractivity contribution is 6.31. The number of hydrogen-bond donors (Lipinski definition) is 2. The van der Waals surface area contributed by atoms with Crippen molar-refractivity contribution in [3.05, 3.63) is 34.6 Å². The molecular formula is C10H10ClFN2O2. The van der Waals surface area contributed by atoms with Gasteiger partial charge in [-0.05, 0) is 25.1 Å². The predicted octanol–water partition coefficient (Wildman–Crippen LogP) is 1.08. The van der Waals surface area contributed by atoms with Crippen LogP contribution in [-0.4, -0.2) is 17.9 Å². The fourth-order valence-electron chi connectivity index (χ4n) is 1.02. The molecule has 1 aromatic carbocycles. The third-order valence-electron chi connectivity index (χ3n) is 1.95. The molecule has 3 N–H and O–H groups in total. The van der Waals surface area contributed by atoms with Crippen molar-refractivity contribution in [3.63, 3.8) is 0 Å². The highest BCUT2D eigenvalue weighted by Crippen LogP contribution is 2.14. The summed E-state index contributed by atoms with van der Waals surface area (Å²) in [5, 5.41) is 2.49. The molecule has 1 atom stereocenters. The average molecular weight is 245 g/mol. The Labute approximate surface area is 96.6 Å². The summed E-state index contributed by atoms with van der Waals surface area (Å²) >= 11 is 5.62. The first-order valence-electron chi connectivity index (χ1n) is 4.47. The lowest BCUT2D eigenvalue weighted by molar-refractivity contribution is -0.119. The van der Waals surface area contributed by atoms with Crippen molar-refractivity contribution in [3.8, 4) is 0 Å². The smallest absolute Gasteiger partial charge is 0.254 e. The van der Waals surface area contributed by atoms with Gasteiger partial charge in [0.05, 0.1) is 5.56 Å². The number of halogens is 2. The van der Waals surface area contributed by atoms with Crippen molar-refractivity contribution in [1.29, 1.82) is 0 Å². The van der Waals surface area contributed by atoms with E-state index in [0.29, 0.717) is 0 Å². The van der Waals surface area contributed by atoms with Crippen molar-refractivity contribution in [1.82, 2.24) is 5.32 Å². The Hall–Kier alpha value is -1.62. The topological polar surface area (TPSA) is 72.2 Å². The van der Waals surface area contributed by atoms with Crippen molar-refractivity contribution in [2.45, 2.75) is 13.0 Å². The second kappa shape index (κ2) is 4.94. The zero-order valence-electron chi connectivity index (χ0n) is 8.46. The van der Waals surface area contributed by atoms with Gasteiger partial charge in [-0.3, -0.25) is 9.59 Å². The van der Waals surface area contributed by atoms with Crippen LogP contribution in [0.1, 0.15) is 17.3 Å². The molecule has 0 heterocycles. The molecule has 0 radical (unpaired) electrons. The molecule has 0 aliphatic heterocycles. The van der Waals surface area contributed by atoms with Gasteiger partial charge in [0.2, 0.25) is 5.91 Å². The molecule has 1 unspecified atom stereocenters. The van der Waals surface area contributed by atoms with Crippen LogP contribution in [0.15, 0.2) is 18.2 Å². The Morgan fingerprint density at radius 1 is 1.50 bits per heavy atom. The van der Waals surface area contributed by atoms with Crippen molar-refractivity contribution < 1.29 is 14.0 Å². The number of nitrogens with one attached hydrogen (secondary N) is 1. The van der Waals surface area contributed by atoms with E-state index in [0.717, 1.165) is 6.07 Å². The van der Waals surface area contributed by atoms with Gasteiger partial charge in [-0.2, -0.15) is 0 Å².